The third-order valence-electron chi connectivity index (χ3n) is 4.16. The molecule has 1 atom stereocenters. The number of nitrogens with one attached hydrogen (secondary N) is 1. The van der Waals surface area contributed by atoms with E-state index < -0.39 is 0 Å². The van der Waals surface area contributed by atoms with Crippen LogP contribution in [0.2, 0.25) is 0 Å². The van der Waals surface area contributed by atoms with Crippen LogP contribution < -0.4 is 11.1 Å². The van der Waals surface area contributed by atoms with Crippen molar-refractivity contribution < 1.29 is 4.79 Å². The van der Waals surface area contributed by atoms with Gasteiger partial charge in [0.1, 0.15) is 0 Å². The molecule has 0 bridgehead atoms. The van der Waals surface area contributed by atoms with Gasteiger partial charge in [0.25, 0.3) is 0 Å². The van der Waals surface area contributed by atoms with Gasteiger partial charge in [-0.2, -0.15) is 0 Å². The number of hydrogen-bond donors (Lipinski definition) is 2. The van der Waals surface area contributed by atoms with Gasteiger partial charge >= 0.3 is 0 Å². The zero-order valence-corrected chi connectivity index (χ0v) is 13.0. The highest BCUT2D eigenvalue weighted by atomic mass is 16.2. The van der Waals surface area contributed by atoms with Gasteiger partial charge in [-0.25, -0.2) is 0 Å². The van der Waals surface area contributed by atoms with Gasteiger partial charge in [0.2, 0.25) is 5.91 Å². The lowest BCUT2D eigenvalue weighted by Crippen LogP contribution is -2.52. The molecule has 116 valence electrons. The van der Waals surface area contributed by atoms with Crippen LogP contribution in [0.3, 0.4) is 0 Å². The first-order valence-electron chi connectivity index (χ1n) is 7.62. The summed E-state index contributed by atoms with van der Waals surface area (Å²) in [5.74, 6) is 0.0598. The van der Waals surface area contributed by atoms with Gasteiger partial charge in [0, 0.05) is 44.5 Å². The minimum Gasteiger partial charge on any atom is -0.329 e. The summed E-state index contributed by atoms with van der Waals surface area (Å²) in [6.45, 7) is 9.11. The van der Waals surface area contributed by atoms with Crippen molar-refractivity contribution in [2.45, 2.75) is 19.9 Å². The van der Waals surface area contributed by atoms with E-state index in [0.717, 1.165) is 37.4 Å². The molecule has 0 saturated carbocycles. The van der Waals surface area contributed by atoms with Crippen LogP contribution in [0.4, 0.5) is 5.69 Å². The number of amides is 1. The van der Waals surface area contributed by atoms with Crippen LogP contribution in [0.15, 0.2) is 24.3 Å². The minimum absolute atomic E-state index is 0.0598. The molecule has 5 heteroatoms. The number of hydrogen-bond acceptors (Lipinski definition) is 4. The van der Waals surface area contributed by atoms with Gasteiger partial charge in [-0.1, -0.05) is 18.2 Å². The van der Waals surface area contributed by atoms with Crippen molar-refractivity contribution in [1.82, 2.24) is 9.80 Å². The average molecular weight is 290 g/mol. The molecule has 1 aliphatic heterocycles. The molecule has 1 fully saturated rings. The van der Waals surface area contributed by atoms with E-state index in [1.165, 1.54) is 0 Å². The number of para-hydroxylation sites is 1. The van der Waals surface area contributed by atoms with Crippen LogP contribution in [0, 0.1) is 6.92 Å². The number of carbonyl (C=O) groups is 1. The molecule has 0 aliphatic carbocycles. The van der Waals surface area contributed by atoms with E-state index in [1.54, 1.807) is 0 Å². The molecule has 0 radical (unpaired) electrons. The Hall–Kier alpha value is -1.43. The number of aryl methyl sites for hydroxylation is 1. The van der Waals surface area contributed by atoms with Gasteiger partial charge in [-0.05, 0) is 25.5 Å². The van der Waals surface area contributed by atoms with E-state index >= 15 is 0 Å². The highest BCUT2D eigenvalue weighted by Gasteiger charge is 2.21. The summed E-state index contributed by atoms with van der Waals surface area (Å²) < 4.78 is 0. The summed E-state index contributed by atoms with van der Waals surface area (Å²) in [6.07, 6.45) is 0. The lowest BCUT2D eigenvalue weighted by Gasteiger charge is -2.37. The number of nitrogens with zero attached hydrogens (tertiary/aromatic N) is 2. The number of carbonyl (C=O) groups excluding carboxylic acids is 1. The molecule has 2 rings (SSSR count). The molecule has 1 saturated heterocycles. The van der Waals surface area contributed by atoms with Crippen molar-refractivity contribution in [3.05, 3.63) is 29.8 Å². The topological polar surface area (TPSA) is 61.6 Å². The van der Waals surface area contributed by atoms with E-state index in [1.807, 2.05) is 31.2 Å². The van der Waals surface area contributed by atoms with E-state index in [4.69, 9.17) is 5.73 Å². The molecule has 1 heterocycles. The quantitative estimate of drug-likeness (QED) is 0.846. The monoisotopic (exact) mass is 290 g/mol. The molecular weight excluding hydrogens is 264 g/mol. The third kappa shape index (κ3) is 4.52. The Morgan fingerprint density at radius 3 is 2.57 bits per heavy atom. The van der Waals surface area contributed by atoms with Gasteiger partial charge in [-0.15, -0.1) is 0 Å². The van der Waals surface area contributed by atoms with Crippen molar-refractivity contribution in [3.8, 4) is 0 Å². The Morgan fingerprint density at radius 1 is 1.29 bits per heavy atom. The maximum absolute atomic E-state index is 12.1. The lowest BCUT2D eigenvalue weighted by atomic mass is 10.2. The molecule has 1 unspecified atom stereocenters. The number of benzene rings is 1. The number of nitrogens with two attached hydrogens (primary N) is 1. The van der Waals surface area contributed by atoms with Crippen LogP contribution in [-0.4, -0.2) is 61.0 Å². The molecule has 21 heavy (non-hydrogen) atoms. The van der Waals surface area contributed by atoms with E-state index in [9.17, 15) is 4.79 Å². The Balaban J connectivity index is 1.78. The van der Waals surface area contributed by atoms with Crippen LogP contribution in [0.5, 0.6) is 0 Å². The fourth-order valence-corrected chi connectivity index (χ4v) is 2.62. The van der Waals surface area contributed by atoms with Crippen molar-refractivity contribution in [2.24, 2.45) is 5.73 Å². The normalized spacial score (nSPS) is 18.4. The zero-order valence-electron chi connectivity index (χ0n) is 13.0. The number of anilines is 1. The van der Waals surface area contributed by atoms with E-state index in [0.29, 0.717) is 19.1 Å². The smallest absolute Gasteiger partial charge is 0.238 e. The lowest BCUT2D eigenvalue weighted by molar-refractivity contribution is -0.117. The van der Waals surface area contributed by atoms with Crippen molar-refractivity contribution in [1.29, 1.82) is 0 Å². The molecule has 1 amide bonds. The highest BCUT2D eigenvalue weighted by molar-refractivity contribution is 5.92. The molecule has 3 N–H and O–H groups in total. The van der Waals surface area contributed by atoms with E-state index in [-0.39, 0.29) is 5.91 Å². The summed E-state index contributed by atoms with van der Waals surface area (Å²) in [6, 6.07) is 8.28. The highest BCUT2D eigenvalue weighted by Crippen LogP contribution is 2.13. The van der Waals surface area contributed by atoms with Gasteiger partial charge in [-0.3, -0.25) is 14.6 Å². The maximum atomic E-state index is 12.1. The molecule has 1 aromatic rings. The SMILES string of the molecule is Cc1ccccc1NC(=O)CN1CCN(C(C)CN)CC1. The van der Waals surface area contributed by atoms with Crippen molar-refractivity contribution in [3.63, 3.8) is 0 Å². The maximum Gasteiger partial charge on any atom is 0.238 e. The summed E-state index contributed by atoms with van der Waals surface area (Å²) in [5.41, 5.74) is 7.69. The number of piperazine rings is 1. The van der Waals surface area contributed by atoms with Crippen LogP contribution in [-0.2, 0) is 4.79 Å². The van der Waals surface area contributed by atoms with Crippen molar-refractivity contribution >= 4 is 11.6 Å². The summed E-state index contributed by atoms with van der Waals surface area (Å²) in [4.78, 5) is 16.7. The Kier molecular flexibility index (Phi) is 5.73. The second kappa shape index (κ2) is 7.54. The molecule has 0 spiro atoms. The number of rotatable bonds is 5. The second-order valence-electron chi connectivity index (χ2n) is 5.76. The van der Waals surface area contributed by atoms with E-state index in [2.05, 4.69) is 22.0 Å². The second-order valence-corrected chi connectivity index (χ2v) is 5.76. The predicted molar refractivity (Wildman–Crippen MR) is 86.3 cm³/mol. The Labute approximate surface area is 127 Å². The molecule has 0 aromatic heterocycles. The van der Waals surface area contributed by atoms with Crippen LogP contribution in [0.1, 0.15) is 12.5 Å². The molecular formula is C16H26N4O. The van der Waals surface area contributed by atoms with Crippen LogP contribution in [0.25, 0.3) is 0 Å². The molecule has 5 nitrogen and oxygen atoms in total. The van der Waals surface area contributed by atoms with Crippen LogP contribution >= 0.6 is 0 Å². The molecule has 1 aliphatic rings. The van der Waals surface area contributed by atoms with Gasteiger partial charge < -0.3 is 11.1 Å². The first-order valence-corrected chi connectivity index (χ1v) is 7.62. The third-order valence-corrected chi connectivity index (χ3v) is 4.16. The Morgan fingerprint density at radius 2 is 1.95 bits per heavy atom. The van der Waals surface area contributed by atoms with Gasteiger partial charge in [0.05, 0.1) is 6.54 Å². The standard InChI is InChI=1S/C16H26N4O/c1-13-5-3-4-6-15(13)18-16(21)12-19-7-9-20(10-8-19)14(2)11-17/h3-6,14H,7-12,17H2,1-2H3,(H,18,21). The van der Waals surface area contributed by atoms with Gasteiger partial charge in [0.15, 0.2) is 0 Å². The average Bonchev–Trinajstić information content (AvgIpc) is 2.49. The van der Waals surface area contributed by atoms with Crippen molar-refractivity contribution in [2.75, 3.05) is 44.6 Å². The first kappa shape index (κ1) is 15.9. The minimum atomic E-state index is 0.0598. The molecule has 1 aromatic carbocycles. The Bertz CT molecular complexity index is 469. The fraction of sp³-hybridized carbons (Fsp3) is 0.562. The zero-order chi connectivity index (χ0) is 15.2. The fourth-order valence-electron chi connectivity index (χ4n) is 2.62. The summed E-state index contributed by atoms with van der Waals surface area (Å²) in [7, 11) is 0. The summed E-state index contributed by atoms with van der Waals surface area (Å²) in [5, 5.41) is 2.99. The predicted octanol–water partition coefficient (Wildman–Crippen LogP) is 0.898. The largest absolute Gasteiger partial charge is 0.329 e. The summed E-state index contributed by atoms with van der Waals surface area (Å²) >= 11 is 0. The first-order chi connectivity index (χ1) is 10.1.